The number of nitrogens with one attached hydrogen (secondary N) is 2. The van der Waals surface area contributed by atoms with Crippen molar-refractivity contribution in [3.05, 3.63) is 109 Å². The molecule has 188 valence electrons. The number of anilines is 2. The molecule has 4 rings (SSSR count). The lowest BCUT2D eigenvalue weighted by molar-refractivity contribution is -0.118. The molecule has 0 heterocycles. The molecule has 4 aromatic carbocycles. The Morgan fingerprint density at radius 2 is 0.892 bits per heavy atom. The normalized spacial score (nSPS) is 10.8. The molecule has 4 aromatic rings. The Hall–Kier alpha value is -4.63. The summed E-state index contributed by atoms with van der Waals surface area (Å²) in [4.78, 5) is 24.2. The second kappa shape index (κ2) is 11.9. The second-order valence-corrected chi connectivity index (χ2v) is 9.80. The van der Waals surface area contributed by atoms with Gasteiger partial charge >= 0.3 is 0 Å². The number of ether oxygens (including phenoxy) is 2. The standard InChI is InChI=1S/C28H24N2O6S/c31-27(29-21-7-3-1-4-8-21)19-35-23-11-15-25(16-12-23)37(33,34)26-17-13-24(14-18-26)36-20-28(32)30-22-9-5-2-6-10-22/h1-18H,19-20H2,(H,29,31)(H,30,32). The maximum Gasteiger partial charge on any atom is 0.262 e. The van der Waals surface area contributed by atoms with Crippen molar-refractivity contribution in [2.45, 2.75) is 9.79 Å². The van der Waals surface area contributed by atoms with Crippen LogP contribution in [0.1, 0.15) is 0 Å². The predicted molar refractivity (Wildman–Crippen MR) is 139 cm³/mol. The van der Waals surface area contributed by atoms with Crippen molar-refractivity contribution in [3.63, 3.8) is 0 Å². The van der Waals surface area contributed by atoms with Gasteiger partial charge in [0.2, 0.25) is 9.84 Å². The lowest BCUT2D eigenvalue weighted by Gasteiger charge is -2.10. The Labute approximate surface area is 214 Å². The molecule has 0 aliphatic carbocycles. The zero-order chi connectivity index (χ0) is 26.1. The number of hydrogen-bond donors (Lipinski definition) is 2. The molecule has 0 aromatic heterocycles. The van der Waals surface area contributed by atoms with E-state index >= 15 is 0 Å². The average Bonchev–Trinajstić information content (AvgIpc) is 2.92. The fourth-order valence-electron chi connectivity index (χ4n) is 3.30. The van der Waals surface area contributed by atoms with Crippen LogP contribution in [0.3, 0.4) is 0 Å². The molecule has 2 amide bonds. The van der Waals surface area contributed by atoms with Gasteiger partial charge in [0, 0.05) is 11.4 Å². The van der Waals surface area contributed by atoms with E-state index in [-0.39, 0.29) is 34.8 Å². The zero-order valence-corrected chi connectivity index (χ0v) is 20.5. The summed E-state index contributed by atoms with van der Waals surface area (Å²) in [5.74, 6) is 0.0601. The van der Waals surface area contributed by atoms with Gasteiger partial charge in [0.25, 0.3) is 11.8 Å². The molecule has 37 heavy (non-hydrogen) atoms. The quantitative estimate of drug-likeness (QED) is 0.320. The minimum Gasteiger partial charge on any atom is -0.484 e. The third-order valence-corrected chi connectivity index (χ3v) is 6.91. The summed E-state index contributed by atoms with van der Waals surface area (Å²) >= 11 is 0. The number of hydrogen-bond acceptors (Lipinski definition) is 6. The van der Waals surface area contributed by atoms with Crippen molar-refractivity contribution in [1.29, 1.82) is 0 Å². The Kier molecular flexibility index (Phi) is 8.17. The summed E-state index contributed by atoms with van der Waals surface area (Å²) in [6.45, 7) is -0.433. The van der Waals surface area contributed by atoms with Gasteiger partial charge in [0.1, 0.15) is 11.5 Å². The molecule has 0 bridgehead atoms. The van der Waals surface area contributed by atoms with Crippen LogP contribution in [0.4, 0.5) is 11.4 Å². The molecule has 0 aliphatic rings. The monoisotopic (exact) mass is 516 g/mol. The number of carbonyl (C=O) groups excluding carboxylic acids is 2. The highest BCUT2D eigenvalue weighted by Crippen LogP contribution is 2.25. The number of carbonyl (C=O) groups is 2. The molecule has 2 N–H and O–H groups in total. The largest absolute Gasteiger partial charge is 0.484 e. The predicted octanol–water partition coefficient (Wildman–Crippen LogP) is 4.55. The Morgan fingerprint density at radius 1 is 0.541 bits per heavy atom. The molecule has 0 saturated heterocycles. The minimum absolute atomic E-state index is 0.0736. The smallest absolute Gasteiger partial charge is 0.262 e. The Balaban J connectivity index is 1.30. The van der Waals surface area contributed by atoms with E-state index in [1.807, 2.05) is 36.4 Å². The summed E-state index contributed by atoms with van der Waals surface area (Å²) < 4.78 is 36.9. The summed E-state index contributed by atoms with van der Waals surface area (Å²) in [6, 6.07) is 29.6. The van der Waals surface area contributed by atoms with Gasteiger partial charge in [-0.1, -0.05) is 36.4 Å². The topological polar surface area (TPSA) is 111 Å². The first-order valence-electron chi connectivity index (χ1n) is 11.3. The van der Waals surface area contributed by atoms with Crippen LogP contribution < -0.4 is 20.1 Å². The zero-order valence-electron chi connectivity index (χ0n) is 19.7. The van der Waals surface area contributed by atoms with Crippen LogP contribution in [-0.4, -0.2) is 33.4 Å². The maximum atomic E-state index is 13.0. The van der Waals surface area contributed by atoms with Gasteiger partial charge in [-0.2, -0.15) is 0 Å². The van der Waals surface area contributed by atoms with E-state index in [9.17, 15) is 18.0 Å². The summed E-state index contributed by atoms with van der Waals surface area (Å²) in [7, 11) is -3.79. The second-order valence-electron chi connectivity index (χ2n) is 7.85. The van der Waals surface area contributed by atoms with Crippen molar-refractivity contribution < 1.29 is 27.5 Å². The molecular weight excluding hydrogens is 492 g/mol. The van der Waals surface area contributed by atoms with Crippen LogP contribution >= 0.6 is 0 Å². The van der Waals surface area contributed by atoms with Gasteiger partial charge in [-0.05, 0) is 72.8 Å². The van der Waals surface area contributed by atoms with E-state index in [2.05, 4.69) is 10.6 Å². The van der Waals surface area contributed by atoms with E-state index in [0.29, 0.717) is 22.9 Å². The highest BCUT2D eigenvalue weighted by Gasteiger charge is 2.18. The number of benzene rings is 4. The van der Waals surface area contributed by atoms with Crippen molar-refractivity contribution in [3.8, 4) is 11.5 Å². The third kappa shape index (κ3) is 7.18. The summed E-state index contributed by atoms with van der Waals surface area (Å²) in [5.41, 5.74) is 1.31. The maximum absolute atomic E-state index is 13.0. The van der Waals surface area contributed by atoms with Crippen LogP contribution in [0.2, 0.25) is 0 Å². The first-order valence-corrected chi connectivity index (χ1v) is 12.8. The van der Waals surface area contributed by atoms with E-state index < -0.39 is 9.84 Å². The Bertz CT molecular complexity index is 1330. The fraction of sp³-hybridized carbons (Fsp3) is 0.0714. The average molecular weight is 517 g/mol. The van der Waals surface area contributed by atoms with Gasteiger partial charge in [-0.25, -0.2) is 8.42 Å². The number of amides is 2. The van der Waals surface area contributed by atoms with E-state index in [4.69, 9.17) is 9.47 Å². The molecule has 8 nitrogen and oxygen atoms in total. The van der Waals surface area contributed by atoms with Crippen molar-refractivity contribution in [2.24, 2.45) is 0 Å². The van der Waals surface area contributed by atoms with Gasteiger partial charge in [-0.3, -0.25) is 9.59 Å². The van der Waals surface area contributed by atoms with Crippen molar-refractivity contribution >= 4 is 33.0 Å². The van der Waals surface area contributed by atoms with E-state index in [0.717, 1.165) is 0 Å². The third-order valence-electron chi connectivity index (χ3n) is 5.12. The molecule has 0 unspecified atom stereocenters. The summed E-state index contributed by atoms with van der Waals surface area (Å²) in [6.07, 6.45) is 0. The van der Waals surface area contributed by atoms with Crippen LogP contribution in [0.15, 0.2) is 119 Å². The number of sulfone groups is 1. The van der Waals surface area contributed by atoms with Gasteiger partial charge in [-0.15, -0.1) is 0 Å². The van der Waals surface area contributed by atoms with E-state index in [1.165, 1.54) is 48.5 Å². The first-order chi connectivity index (χ1) is 17.9. The fourth-order valence-corrected chi connectivity index (χ4v) is 4.56. The van der Waals surface area contributed by atoms with Crippen LogP contribution in [-0.2, 0) is 19.4 Å². The molecule has 0 spiro atoms. The highest BCUT2D eigenvalue weighted by atomic mass is 32.2. The number of para-hydroxylation sites is 2. The lowest BCUT2D eigenvalue weighted by Crippen LogP contribution is -2.20. The molecule has 0 radical (unpaired) electrons. The van der Waals surface area contributed by atoms with Crippen molar-refractivity contribution in [1.82, 2.24) is 0 Å². The molecule has 0 fully saturated rings. The van der Waals surface area contributed by atoms with Crippen LogP contribution in [0, 0.1) is 0 Å². The molecule has 0 aliphatic heterocycles. The Morgan fingerprint density at radius 3 is 1.24 bits per heavy atom. The lowest BCUT2D eigenvalue weighted by atomic mass is 10.3. The molecular formula is C28H24N2O6S. The van der Waals surface area contributed by atoms with Crippen LogP contribution in [0.25, 0.3) is 0 Å². The number of rotatable bonds is 10. The highest BCUT2D eigenvalue weighted by molar-refractivity contribution is 7.91. The summed E-state index contributed by atoms with van der Waals surface area (Å²) in [5, 5.41) is 5.41. The van der Waals surface area contributed by atoms with Gasteiger partial charge < -0.3 is 20.1 Å². The van der Waals surface area contributed by atoms with Crippen molar-refractivity contribution in [2.75, 3.05) is 23.8 Å². The molecule has 9 heteroatoms. The van der Waals surface area contributed by atoms with Crippen LogP contribution in [0.5, 0.6) is 11.5 Å². The SMILES string of the molecule is O=C(COc1ccc(S(=O)(=O)c2ccc(OCC(=O)Nc3ccccc3)cc2)cc1)Nc1ccccc1. The molecule has 0 saturated carbocycles. The van der Waals surface area contributed by atoms with Gasteiger partial charge in [0.05, 0.1) is 9.79 Å². The van der Waals surface area contributed by atoms with E-state index in [1.54, 1.807) is 24.3 Å². The molecule has 0 atom stereocenters. The minimum atomic E-state index is -3.79. The van der Waals surface area contributed by atoms with Gasteiger partial charge in [0.15, 0.2) is 13.2 Å². The first kappa shape index (κ1) is 25.5.